The van der Waals surface area contributed by atoms with Gasteiger partial charge >= 0.3 is 11.9 Å². The maximum atomic E-state index is 13.8. The number of carbonyl (C=O) groups is 9. The van der Waals surface area contributed by atoms with E-state index in [1.807, 2.05) is 5.32 Å². The quantitative estimate of drug-likeness (QED) is 0.0466. The minimum atomic E-state index is -1.84. The topological polar surface area (TPSA) is 379 Å². The predicted molar refractivity (Wildman–Crippen MR) is 184 cm³/mol. The summed E-state index contributed by atoms with van der Waals surface area (Å²) in [6, 6.07) is -3.09. The van der Waals surface area contributed by atoms with Crippen LogP contribution in [0.4, 0.5) is 0 Å². The fourth-order valence-corrected chi connectivity index (χ4v) is 4.57. The Kier molecular flexibility index (Phi) is 19.8. The van der Waals surface area contributed by atoms with Gasteiger partial charge in [0, 0.05) is 19.3 Å². The molecule has 0 radical (unpaired) electrons. The Balaban J connectivity index is 3.44. The van der Waals surface area contributed by atoms with Gasteiger partial charge in [0.25, 0.3) is 0 Å². The number of rotatable bonds is 24. The first-order chi connectivity index (χ1) is 25.3. The second-order valence-corrected chi connectivity index (χ2v) is 12.2. The molecule has 0 aliphatic carbocycles. The zero-order valence-electron chi connectivity index (χ0n) is 29.5. The third kappa shape index (κ3) is 16.3. The van der Waals surface area contributed by atoms with Crippen LogP contribution >= 0.6 is 0 Å². The second kappa shape index (κ2) is 23.1. The molecule has 15 N–H and O–H groups in total. The average molecular weight is 769 g/mol. The molecule has 0 bridgehead atoms. The highest BCUT2D eigenvalue weighted by Crippen LogP contribution is 2.09. The number of carboxylic acid groups (broad SMARTS) is 2. The smallest absolute Gasteiger partial charge is 0.328 e. The second-order valence-electron chi connectivity index (χ2n) is 12.2. The van der Waals surface area contributed by atoms with Crippen molar-refractivity contribution in [3.63, 3.8) is 0 Å². The Morgan fingerprint density at radius 2 is 1.06 bits per heavy atom. The number of benzene rings is 1. The summed E-state index contributed by atoms with van der Waals surface area (Å²) in [4.78, 5) is 113. The summed E-state index contributed by atoms with van der Waals surface area (Å²) < 4.78 is 0. The maximum absolute atomic E-state index is 13.8. The zero-order chi connectivity index (χ0) is 41.1. The normalized spacial score (nSPS) is 15.3. The van der Waals surface area contributed by atoms with Crippen LogP contribution < -0.4 is 43.4 Å². The summed E-state index contributed by atoms with van der Waals surface area (Å²) in [7, 11) is 0. The summed E-state index contributed by atoms with van der Waals surface area (Å²) in [5, 5.41) is 60.8. The van der Waals surface area contributed by atoms with Crippen LogP contribution in [0.1, 0.15) is 45.1 Å². The van der Waals surface area contributed by atoms with Crippen LogP contribution in [0, 0.1) is 0 Å². The van der Waals surface area contributed by atoms with Crippen molar-refractivity contribution in [3.8, 4) is 0 Å². The Morgan fingerprint density at radius 1 is 0.611 bits per heavy atom. The van der Waals surface area contributed by atoms with Crippen molar-refractivity contribution >= 4 is 53.3 Å². The number of nitrogens with one attached hydrogen (secondary N) is 6. The van der Waals surface area contributed by atoms with Gasteiger partial charge < -0.3 is 68.9 Å². The van der Waals surface area contributed by atoms with Gasteiger partial charge in [-0.25, -0.2) is 4.79 Å². The molecule has 54 heavy (non-hydrogen) atoms. The van der Waals surface area contributed by atoms with Crippen molar-refractivity contribution in [2.24, 2.45) is 11.5 Å². The fraction of sp³-hybridized carbons (Fsp3) is 0.531. The van der Waals surface area contributed by atoms with Gasteiger partial charge in [-0.1, -0.05) is 30.3 Å². The molecule has 0 aliphatic heterocycles. The summed E-state index contributed by atoms with van der Waals surface area (Å²) in [6.07, 6.45) is -4.02. The monoisotopic (exact) mass is 768 g/mol. The summed E-state index contributed by atoms with van der Waals surface area (Å²) in [6.45, 7) is 0.438. The number of aliphatic carboxylic acids is 2. The SMILES string of the molecule is C[C@H](N)C(=O)N[C@@H](CO)C(=O)N[C@@H](CCC(N)=O)C(=O)N[C@@H](Cc1ccccc1)C(=O)N[C@@H](CCC(=O)O)C(=O)N[C@H](C(=O)N[C@@H](CO)C(=O)O)[C@@H](C)O. The van der Waals surface area contributed by atoms with E-state index in [1.54, 1.807) is 30.3 Å². The highest BCUT2D eigenvalue weighted by atomic mass is 16.4. The number of carboxylic acids is 2. The number of aliphatic hydroxyl groups excluding tert-OH is 3. The first-order valence-corrected chi connectivity index (χ1v) is 16.6. The summed E-state index contributed by atoms with van der Waals surface area (Å²) in [5.41, 5.74) is 11.2. The molecule has 1 aromatic rings. The molecule has 300 valence electrons. The lowest BCUT2D eigenvalue weighted by Crippen LogP contribution is -2.61. The molecule has 0 aliphatic rings. The molecule has 0 spiro atoms. The first kappa shape index (κ1) is 46.3. The van der Waals surface area contributed by atoms with E-state index in [1.165, 1.54) is 6.92 Å². The molecule has 8 atom stereocenters. The lowest BCUT2D eigenvalue weighted by atomic mass is 10.0. The molecule has 0 aromatic heterocycles. The van der Waals surface area contributed by atoms with E-state index in [2.05, 4.69) is 26.6 Å². The number of primary amides is 1. The van der Waals surface area contributed by atoms with Gasteiger partial charge in [0.2, 0.25) is 41.4 Å². The Morgan fingerprint density at radius 3 is 1.52 bits per heavy atom. The highest BCUT2D eigenvalue weighted by molar-refractivity contribution is 5.97. The van der Waals surface area contributed by atoms with Gasteiger partial charge in [0.1, 0.15) is 36.3 Å². The molecule has 22 nitrogen and oxygen atoms in total. The van der Waals surface area contributed by atoms with Gasteiger partial charge in [-0.2, -0.15) is 0 Å². The molecule has 0 fully saturated rings. The van der Waals surface area contributed by atoms with E-state index in [0.717, 1.165) is 6.92 Å². The van der Waals surface area contributed by atoms with Crippen molar-refractivity contribution in [2.45, 2.75) is 94.3 Å². The Bertz CT molecular complexity index is 1490. The third-order valence-electron chi connectivity index (χ3n) is 7.60. The van der Waals surface area contributed by atoms with Crippen molar-refractivity contribution in [1.29, 1.82) is 0 Å². The largest absolute Gasteiger partial charge is 0.481 e. The van der Waals surface area contributed by atoms with Crippen LogP contribution in [0.25, 0.3) is 0 Å². The minimum Gasteiger partial charge on any atom is -0.481 e. The van der Waals surface area contributed by atoms with E-state index >= 15 is 0 Å². The molecule has 1 rings (SSSR count). The molecule has 0 saturated carbocycles. The molecular weight excluding hydrogens is 720 g/mol. The van der Waals surface area contributed by atoms with E-state index in [0.29, 0.717) is 5.56 Å². The summed E-state index contributed by atoms with van der Waals surface area (Å²) in [5.74, 6) is -10.3. The molecule has 22 heteroatoms. The first-order valence-electron chi connectivity index (χ1n) is 16.6. The van der Waals surface area contributed by atoms with Gasteiger partial charge in [-0.15, -0.1) is 0 Å². The number of amides is 7. The van der Waals surface area contributed by atoms with Crippen LogP contribution in [0.2, 0.25) is 0 Å². The zero-order valence-corrected chi connectivity index (χ0v) is 29.5. The third-order valence-corrected chi connectivity index (χ3v) is 7.60. The van der Waals surface area contributed by atoms with E-state index < -0.39 is 141 Å². The van der Waals surface area contributed by atoms with Crippen LogP contribution in [-0.4, -0.2) is 140 Å². The van der Waals surface area contributed by atoms with Crippen molar-refractivity contribution in [3.05, 3.63) is 35.9 Å². The van der Waals surface area contributed by atoms with Crippen LogP contribution in [-0.2, 0) is 49.6 Å². The Hall–Kier alpha value is -5.71. The van der Waals surface area contributed by atoms with E-state index in [9.17, 15) is 63.6 Å². The number of hydrogen-bond acceptors (Lipinski definition) is 13. The molecule has 0 saturated heterocycles. The molecule has 0 heterocycles. The number of aliphatic hydroxyl groups is 3. The molecule has 1 aromatic carbocycles. The van der Waals surface area contributed by atoms with E-state index in [4.69, 9.17) is 16.6 Å². The Labute approximate surface area is 308 Å². The van der Waals surface area contributed by atoms with Crippen molar-refractivity contribution in [2.75, 3.05) is 13.2 Å². The van der Waals surface area contributed by atoms with Crippen molar-refractivity contribution < 1.29 is 68.7 Å². The lowest BCUT2D eigenvalue weighted by molar-refractivity contribution is -0.144. The number of carbonyl (C=O) groups excluding carboxylic acids is 7. The highest BCUT2D eigenvalue weighted by Gasteiger charge is 2.35. The fourth-order valence-electron chi connectivity index (χ4n) is 4.57. The van der Waals surface area contributed by atoms with Crippen molar-refractivity contribution in [1.82, 2.24) is 31.9 Å². The summed E-state index contributed by atoms with van der Waals surface area (Å²) >= 11 is 0. The van der Waals surface area contributed by atoms with Crippen LogP contribution in [0.15, 0.2) is 30.3 Å². The van der Waals surface area contributed by atoms with Gasteiger partial charge in [0.05, 0.1) is 25.4 Å². The number of nitrogens with two attached hydrogens (primary N) is 2. The lowest BCUT2D eigenvalue weighted by Gasteiger charge is -2.28. The van der Waals surface area contributed by atoms with Gasteiger partial charge in [-0.05, 0) is 32.3 Å². The molecule has 0 unspecified atom stereocenters. The van der Waals surface area contributed by atoms with Gasteiger partial charge in [-0.3, -0.25) is 38.4 Å². The van der Waals surface area contributed by atoms with Crippen LogP contribution in [0.5, 0.6) is 0 Å². The average Bonchev–Trinajstić information content (AvgIpc) is 3.10. The molecular formula is C32H48N8O14. The number of hydrogen-bond donors (Lipinski definition) is 13. The predicted octanol–water partition coefficient (Wildman–Crippen LogP) is -5.93. The minimum absolute atomic E-state index is 0.248. The molecule has 7 amide bonds. The van der Waals surface area contributed by atoms with Crippen LogP contribution in [0.3, 0.4) is 0 Å². The maximum Gasteiger partial charge on any atom is 0.328 e. The van der Waals surface area contributed by atoms with E-state index in [-0.39, 0.29) is 6.42 Å². The van der Waals surface area contributed by atoms with Gasteiger partial charge in [0.15, 0.2) is 0 Å². The standard InChI is InChI=1S/C32H48N8O14/c1-15(33)26(47)38-21(13-41)30(51)36-18(8-10-23(34)44)27(48)37-20(12-17-6-4-3-5-7-17)29(50)35-19(9-11-24(45)46)28(49)40-25(16(2)43)31(52)39-22(14-42)32(53)54/h3-7,15-16,18-22,25,41-43H,8-14,33H2,1-2H3,(H2,34,44)(H,35,50)(H,36,51)(H,37,48)(H,38,47)(H,39,52)(H,40,49)(H,45,46)(H,53,54)/t15-,16+,18-,19-,20-,21-,22-,25-/m0/s1.